The molecule has 0 fully saturated rings. The molecular formula is C12H30Br2O6P2Pt. The van der Waals surface area contributed by atoms with Crippen LogP contribution in [0, 0.1) is 0 Å². The van der Waals surface area contributed by atoms with Crippen LogP contribution >= 0.6 is 43.8 Å². The molecule has 0 aliphatic carbocycles. The van der Waals surface area contributed by atoms with E-state index in [0.717, 1.165) is 0 Å². The van der Waals surface area contributed by atoms with Gasteiger partial charge in [0, 0.05) is 0 Å². The van der Waals surface area contributed by atoms with Gasteiger partial charge in [-0.05, 0) is 41.5 Å². The quantitative estimate of drug-likeness (QED) is 0.224. The SMILES string of the molecule is CCOP(OCC)OCC.CCOP(OCC)OCC.[Br][Pt][Br]. The second-order valence-corrected chi connectivity index (χ2v) is 15.4. The van der Waals surface area contributed by atoms with Crippen molar-refractivity contribution in [2.45, 2.75) is 41.5 Å². The van der Waals surface area contributed by atoms with Gasteiger partial charge in [-0.2, -0.15) is 0 Å². The molecule has 0 unspecified atom stereocenters. The van der Waals surface area contributed by atoms with Crippen molar-refractivity contribution in [1.29, 1.82) is 0 Å². The fourth-order valence-corrected chi connectivity index (χ4v) is 2.57. The van der Waals surface area contributed by atoms with Crippen molar-refractivity contribution >= 4 is 43.8 Å². The van der Waals surface area contributed by atoms with Gasteiger partial charge in [-0.15, -0.1) is 0 Å². The topological polar surface area (TPSA) is 55.4 Å². The van der Waals surface area contributed by atoms with Gasteiger partial charge in [0.2, 0.25) is 0 Å². The average Bonchev–Trinajstić information content (AvgIpc) is 2.50. The Morgan fingerprint density at radius 1 is 0.522 bits per heavy atom. The van der Waals surface area contributed by atoms with Crippen LogP contribution in [0.15, 0.2) is 0 Å². The van der Waals surface area contributed by atoms with E-state index in [-0.39, 0.29) is 14.5 Å². The first-order chi connectivity index (χ1) is 11.1. The molecule has 0 saturated heterocycles. The minimum absolute atomic E-state index is 0.208. The third-order valence-corrected chi connectivity index (χ3v) is 4.22. The van der Waals surface area contributed by atoms with Crippen LogP contribution in [0.5, 0.6) is 0 Å². The van der Waals surface area contributed by atoms with E-state index in [1.165, 1.54) is 0 Å². The Kier molecular flexibility index (Phi) is 37.9. The van der Waals surface area contributed by atoms with Gasteiger partial charge >= 0.3 is 58.2 Å². The minimum atomic E-state index is -1.06. The molecule has 0 heterocycles. The number of rotatable bonds is 12. The zero-order chi connectivity index (χ0) is 18.3. The molecule has 0 atom stereocenters. The van der Waals surface area contributed by atoms with E-state index in [9.17, 15) is 0 Å². The zero-order valence-corrected chi connectivity index (χ0v) is 21.9. The Morgan fingerprint density at radius 2 is 0.652 bits per heavy atom. The van der Waals surface area contributed by atoms with Crippen LogP contribution in [0.2, 0.25) is 0 Å². The van der Waals surface area contributed by atoms with E-state index in [1.54, 1.807) is 0 Å². The molecule has 0 aromatic carbocycles. The molecule has 0 spiro atoms. The summed E-state index contributed by atoms with van der Waals surface area (Å²) in [6.45, 7) is 15.4. The van der Waals surface area contributed by atoms with Crippen LogP contribution in [0.4, 0.5) is 0 Å². The summed E-state index contributed by atoms with van der Waals surface area (Å²) in [5, 5.41) is 0. The van der Waals surface area contributed by atoms with Gasteiger partial charge in [-0.25, -0.2) is 0 Å². The van der Waals surface area contributed by atoms with Crippen LogP contribution < -0.4 is 0 Å². The Morgan fingerprint density at radius 3 is 0.739 bits per heavy atom. The van der Waals surface area contributed by atoms with Gasteiger partial charge in [0.1, 0.15) is 0 Å². The number of halogens is 2. The summed E-state index contributed by atoms with van der Waals surface area (Å²) >= 11 is 6.56. The molecule has 0 N–H and O–H groups in total. The molecular weight excluding hydrogens is 657 g/mol. The van der Waals surface area contributed by atoms with Crippen molar-refractivity contribution in [3.8, 4) is 0 Å². The van der Waals surface area contributed by atoms with E-state index >= 15 is 0 Å². The van der Waals surface area contributed by atoms with E-state index in [4.69, 9.17) is 27.1 Å². The van der Waals surface area contributed by atoms with Crippen LogP contribution in [0.25, 0.3) is 0 Å². The molecule has 23 heavy (non-hydrogen) atoms. The van der Waals surface area contributed by atoms with E-state index < -0.39 is 17.2 Å². The summed E-state index contributed by atoms with van der Waals surface area (Å²) in [5.74, 6) is 0. The third kappa shape index (κ3) is 29.3. The second-order valence-electron chi connectivity index (χ2n) is 3.00. The van der Waals surface area contributed by atoms with Gasteiger partial charge in [0.05, 0.1) is 39.6 Å². The molecule has 0 amide bonds. The normalized spacial score (nSPS) is 10.3. The maximum absolute atomic E-state index is 5.14. The summed E-state index contributed by atoms with van der Waals surface area (Å²) in [7, 11) is -2.12. The molecule has 0 aliphatic rings. The summed E-state index contributed by atoms with van der Waals surface area (Å²) in [6.07, 6.45) is 0. The summed E-state index contributed by atoms with van der Waals surface area (Å²) in [4.78, 5) is 0. The summed E-state index contributed by atoms with van der Waals surface area (Å²) < 4.78 is 30.9. The number of hydrogen-bond acceptors (Lipinski definition) is 6. The Hall–Kier alpha value is 2.27. The van der Waals surface area contributed by atoms with Crippen molar-refractivity contribution in [2.75, 3.05) is 39.6 Å². The fraction of sp³-hybridized carbons (Fsp3) is 1.00. The molecule has 0 aromatic heterocycles. The van der Waals surface area contributed by atoms with Crippen molar-refractivity contribution < 1.29 is 41.6 Å². The molecule has 0 saturated carbocycles. The van der Waals surface area contributed by atoms with Crippen molar-refractivity contribution in [1.82, 2.24) is 0 Å². The monoisotopic (exact) mass is 685 g/mol. The molecule has 0 aliphatic heterocycles. The van der Waals surface area contributed by atoms with Gasteiger partial charge < -0.3 is 27.1 Å². The van der Waals surface area contributed by atoms with E-state index in [0.29, 0.717) is 39.6 Å². The molecule has 0 aromatic rings. The second kappa shape index (κ2) is 29.0. The molecule has 6 nitrogen and oxygen atoms in total. The van der Waals surface area contributed by atoms with E-state index in [2.05, 4.69) is 26.6 Å². The van der Waals surface area contributed by atoms with Crippen LogP contribution in [0.1, 0.15) is 41.5 Å². The summed E-state index contributed by atoms with van der Waals surface area (Å²) in [5.41, 5.74) is 0. The Bertz CT molecular complexity index is 156. The van der Waals surface area contributed by atoms with Crippen LogP contribution in [0.3, 0.4) is 0 Å². The predicted octanol–water partition coefficient (Wildman–Crippen LogP) is 6.33. The van der Waals surface area contributed by atoms with Crippen molar-refractivity contribution in [3.63, 3.8) is 0 Å². The molecule has 0 bridgehead atoms. The van der Waals surface area contributed by atoms with Crippen LogP contribution in [-0.2, 0) is 41.6 Å². The molecule has 148 valence electrons. The maximum atomic E-state index is 5.14. The zero-order valence-electron chi connectivity index (χ0n) is 14.7. The first-order valence-corrected chi connectivity index (χ1v) is 19.4. The van der Waals surface area contributed by atoms with E-state index in [1.807, 2.05) is 41.5 Å². The average molecular weight is 687 g/mol. The molecule has 11 heteroatoms. The van der Waals surface area contributed by atoms with Gasteiger partial charge in [-0.3, -0.25) is 0 Å². The number of hydrogen-bond donors (Lipinski definition) is 0. The summed E-state index contributed by atoms with van der Waals surface area (Å²) in [6, 6.07) is 0. The predicted molar refractivity (Wildman–Crippen MR) is 101 cm³/mol. The molecule has 0 radical (unpaired) electrons. The third-order valence-electron chi connectivity index (χ3n) is 1.41. The Labute approximate surface area is 165 Å². The van der Waals surface area contributed by atoms with Crippen LogP contribution in [-0.4, -0.2) is 39.6 Å². The Balaban J connectivity index is -0.000000297. The van der Waals surface area contributed by atoms with Gasteiger partial charge in [-0.1, -0.05) is 0 Å². The standard InChI is InChI=1S/2C6H15O3P.2BrH.Pt/c2*1-4-7-10(8-5-2)9-6-3;;;/h2*4-6H2,1-3H3;2*1H;/q;;;;+2/p-2. The fourth-order valence-electron chi connectivity index (χ4n) is 0.856. The molecule has 0 rings (SSSR count). The first kappa shape index (κ1) is 30.0. The van der Waals surface area contributed by atoms with Crippen molar-refractivity contribution in [2.24, 2.45) is 0 Å². The van der Waals surface area contributed by atoms with Gasteiger partial charge in [0.15, 0.2) is 0 Å². The first-order valence-electron chi connectivity index (χ1n) is 7.31. The van der Waals surface area contributed by atoms with Gasteiger partial charge in [0.25, 0.3) is 0 Å². The van der Waals surface area contributed by atoms with Crippen molar-refractivity contribution in [3.05, 3.63) is 0 Å².